The Morgan fingerprint density at radius 3 is 3.08 bits per heavy atom. The number of benzene rings is 1. The van der Waals surface area contributed by atoms with Crippen LogP contribution >= 0.6 is 0 Å². The molecule has 0 spiro atoms. The monoisotopic (exact) mass is 358 g/mol. The summed E-state index contributed by atoms with van der Waals surface area (Å²) in [5.74, 6) is -1.09. The summed E-state index contributed by atoms with van der Waals surface area (Å²) >= 11 is 0. The quantitative estimate of drug-likeness (QED) is 0.662. The third-order valence-electron chi connectivity index (χ3n) is 7.09. The number of esters is 1. The van der Waals surface area contributed by atoms with Crippen LogP contribution in [0.3, 0.4) is 0 Å². The number of hydrogen-bond donors (Lipinski definition) is 1. The van der Waals surface area contributed by atoms with Crippen LogP contribution < -0.4 is 0 Å². The molecule has 5 rings (SSSR count). The normalized spacial score (nSPS) is 35.3. The molecule has 1 N–H and O–H groups in total. The van der Waals surface area contributed by atoms with Gasteiger partial charge < -0.3 is 14.4 Å². The molecule has 26 heavy (non-hydrogen) atoms. The van der Waals surface area contributed by atoms with Gasteiger partial charge in [0, 0.05) is 24.0 Å². The molecule has 3 atom stereocenters. The average Bonchev–Trinajstić information content (AvgIpc) is 3.02. The second-order valence-corrected chi connectivity index (χ2v) is 8.11. The van der Waals surface area contributed by atoms with Gasteiger partial charge in [-0.3, -0.25) is 4.90 Å². The van der Waals surface area contributed by atoms with E-state index in [0.29, 0.717) is 0 Å². The van der Waals surface area contributed by atoms with E-state index in [-0.39, 0.29) is 17.9 Å². The number of rotatable bonds is 2. The van der Waals surface area contributed by atoms with E-state index >= 15 is 0 Å². The Balaban J connectivity index is 1.81. The van der Waals surface area contributed by atoms with E-state index in [1.165, 1.54) is 5.56 Å². The predicted molar refractivity (Wildman–Crippen MR) is 98.7 cm³/mol. The molecule has 0 bridgehead atoms. The summed E-state index contributed by atoms with van der Waals surface area (Å²) in [6, 6.07) is 7.89. The summed E-state index contributed by atoms with van der Waals surface area (Å²) in [4.78, 5) is 15.6. The smallest absolute Gasteiger partial charge is 0.359 e. The number of carbonyl (C=O) groups excluding carboxylic acids is 1. The van der Waals surface area contributed by atoms with Crippen LogP contribution in [0.15, 0.2) is 24.3 Å². The van der Waals surface area contributed by atoms with E-state index in [1.54, 1.807) is 4.57 Å². The van der Waals surface area contributed by atoms with Crippen molar-refractivity contribution in [3.63, 3.8) is 0 Å². The lowest BCUT2D eigenvalue weighted by Gasteiger charge is -2.57. The van der Waals surface area contributed by atoms with Crippen molar-refractivity contribution in [2.75, 3.05) is 20.1 Å². The van der Waals surface area contributed by atoms with Gasteiger partial charge in [-0.2, -0.15) is 0 Å². The lowest BCUT2D eigenvalue weighted by Crippen LogP contribution is -2.60. The van der Waals surface area contributed by atoms with Gasteiger partial charge in [-0.25, -0.2) is 4.79 Å². The van der Waals surface area contributed by atoms with Crippen molar-refractivity contribution in [2.45, 2.75) is 50.8 Å². The van der Waals surface area contributed by atoms with Gasteiger partial charge in [-0.05, 0) is 49.3 Å². The third-order valence-corrected chi connectivity index (χ3v) is 7.09. The molecule has 5 heteroatoms. The first-order valence-corrected chi connectivity index (χ1v) is 9.53. The molecule has 4 heterocycles. The predicted octanol–water partition coefficient (Wildman–Crippen LogP) is 2.95. The molecule has 5 nitrogen and oxygen atoms in total. The molecular weight excluding hydrogens is 329 g/mol. The second kappa shape index (κ2) is 5.33. The summed E-state index contributed by atoms with van der Waals surface area (Å²) in [6.45, 7) is 4.07. The van der Waals surface area contributed by atoms with Crippen molar-refractivity contribution < 1.29 is 18.8 Å². The van der Waals surface area contributed by atoms with Gasteiger partial charge >= 0.3 is 5.97 Å². The zero-order valence-corrected chi connectivity index (χ0v) is 15.0. The molecule has 3 aliphatic rings. The average molecular weight is 358 g/mol. The molecule has 138 valence electrons. The first-order valence-electron chi connectivity index (χ1n) is 11.0. The number of fused-ring (bicyclic) bond motifs is 3. The number of methoxy groups -OCH3 is 1. The maximum atomic E-state index is 13.1. The number of aliphatic hydroxyl groups is 1. The number of piperidine rings is 1. The summed E-state index contributed by atoms with van der Waals surface area (Å²) < 4.78 is 28.7. The van der Waals surface area contributed by atoms with Crippen LogP contribution in [-0.4, -0.2) is 40.7 Å². The van der Waals surface area contributed by atoms with E-state index < -0.39 is 18.7 Å². The van der Waals surface area contributed by atoms with Gasteiger partial charge in [0.2, 0.25) is 5.72 Å². The zero-order valence-electron chi connectivity index (χ0n) is 18.0. The van der Waals surface area contributed by atoms with Gasteiger partial charge in [0.1, 0.15) is 0 Å². The number of aromatic nitrogens is 1. The minimum absolute atomic E-state index is 0.123. The van der Waals surface area contributed by atoms with E-state index in [1.807, 2.05) is 24.3 Å². The molecule has 0 amide bonds. The lowest BCUT2D eigenvalue weighted by molar-refractivity contribution is -0.194. The Bertz CT molecular complexity index is 1000. The molecule has 1 aromatic heterocycles. The maximum Gasteiger partial charge on any atom is 0.359 e. The van der Waals surface area contributed by atoms with Crippen LogP contribution in [0.5, 0.6) is 0 Å². The van der Waals surface area contributed by atoms with Crippen LogP contribution in [-0.2, 0) is 21.7 Å². The van der Waals surface area contributed by atoms with E-state index in [2.05, 4.69) is 11.8 Å². The number of hydrogen-bond acceptors (Lipinski definition) is 4. The molecule has 1 aromatic carbocycles. The second-order valence-electron chi connectivity index (χ2n) is 8.11. The highest BCUT2D eigenvalue weighted by atomic mass is 16.6. The summed E-state index contributed by atoms with van der Waals surface area (Å²) in [7, 11) is -2.90. The Hall–Kier alpha value is -1.85. The van der Waals surface area contributed by atoms with Crippen LogP contribution in [0.25, 0.3) is 10.9 Å². The Morgan fingerprint density at radius 2 is 2.27 bits per heavy atom. The number of para-hydroxylation sites is 1. The van der Waals surface area contributed by atoms with Crippen LogP contribution in [0, 0.1) is 5.41 Å². The summed E-state index contributed by atoms with van der Waals surface area (Å²) in [5, 5.41) is 12.9. The van der Waals surface area contributed by atoms with Crippen molar-refractivity contribution in [1.29, 1.82) is 0 Å². The highest BCUT2D eigenvalue weighted by molar-refractivity contribution is 5.90. The Kier molecular flexibility index (Phi) is 2.74. The topological polar surface area (TPSA) is 54.7 Å². The standard InChI is InChI=1S/C21H26N2O3/c1-3-20-10-6-11-22-12-9-15-14-7-4-5-8-16(14)23(17(15)18(20)22)21(25,13-20)19(24)26-2/h4-5,7-8,18,25H,3,6,9-13H2,1-2H3/t18-,20+,21+/m1/s1/i2+1D3. The van der Waals surface area contributed by atoms with Crippen molar-refractivity contribution in [1.82, 2.24) is 9.47 Å². The highest BCUT2D eigenvalue weighted by Gasteiger charge is 2.60. The van der Waals surface area contributed by atoms with Crippen molar-refractivity contribution in [2.24, 2.45) is 5.41 Å². The van der Waals surface area contributed by atoms with Crippen molar-refractivity contribution >= 4 is 16.9 Å². The molecule has 2 aromatic rings. The van der Waals surface area contributed by atoms with Crippen molar-refractivity contribution in [3.05, 3.63) is 35.5 Å². The summed E-state index contributed by atoms with van der Waals surface area (Å²) in [6.07, 6.45) is 3.72. The van der Waals surface area contributed by atoms with Crippen LogP contribution in [0.2, 0.25) is 0 Å². The highest BCUT2D eigenvalue weighted by Crippen LogP contribution is 2.60. The Morgan fingerprint density at radius 1 is 1.42 bits per heavy atom. The van der Waals surface area contributed by atoms with Crippen molar-refractivity contribution in [3.8, 4) is 0 Å². The first-order chi connectivity index (χ1) is 13.7. The van der Waals surface area contributed by atoms with Gasteiger partial charge in [-0.15, -0.1) is 0 Å². The van der Waals surface area contributed by atoms with Gasteiger partial charge in [-0.1, -0.05) is 25.1 Å². The van der Waals surface area contributed by atoms with Crippen LogP contribution in [0.4, 0.5) is 0 Å². The lowest BCUT2D eigenvalue weighted by atomic mass is 9.62. The Labute approximate surface area is 157 Å². The molecule has 1 fully saturated rings. The van der Waals surface area contributed by atoms with Gasteiger partial charge in [0.05, 0.1) is 22.7 Å². The molecule has 0 radical (unpaired) electrons. The van der Waals surface area contributed by atoms with E-state index in [9.17, 15) is 9.90 Å². The molecule has 0 aliphatic carbocycles. The minimum atomic E-state index is -2.90. The fourth-order valence-corrected chi connectivity index (χ4v) is 6.02. The largest absolute Gasteiger partial charge is 0.465 e. The number of ether oxygens (including phenoxy) is 1. The fraction of sp³-hybridized carbons (Fsp3) is 0.571. The minimum Gasteiger partial charge on any atom is -0.465 e. The fourth-order valence-electron chi connectivity index (χ4n) is 6.02. The summed E-state index contributed by atoms with van der Waals surface area (Å²) in [5.41, 5.74) is 0.575. The van der Waals surface area contributed by atoms with Gasteiger partial charge in [0.15, 0.2) is 0 Å². The van der Waals surface area contributed by atoms with Gasteiger partial charge in [0.25, 0.3) is 0 Å². The number of nitrogens with zero attached hydrogens (tertiary/aromatic N) is 2. The molecule has 0 saturated carbocycles. The molecule has 0 unspecified atom stereocenters. The maximum absolute atomic E-state index is 13.1. The van der Waals surface area contributed by atoms with E-state index in [0.717, 1.165) is 55.4 Å². The zero-order chi connectivity index (χ0) is 20.6. The molecule has 1 saturated heterocycles. The molecular formula is C21H26N2O3. The first kappa shape index (κ1) is 13.3. The number of carbonyl (C=O) groups is 1. The van der Waals surface area contributed by atoms with Crippen LogP contribution in [0.1, 0.15) is 54.0 Å². The van der Waals surface area contributed by atoms with E-state index in [4.69, 9.17) is 8.85 Å². The third kappa shape index (κ3) is 1.80. The molecule has 3 aliphatic heterocycles. The SMILES string of the molecule is [2H][13C]([2H])([2H])OC(=O)[C@@]1(O)C[C@]2(CC)CCCN3CCc4c(n1c1ccccc41)[C@@H]32.